The zero-order chi connectivity index (χ0) is 18.4. The predicted octanol–water partition coefficient (Wildman–Crippen LogP) is 4.01. The Morgan fingerprint density at radius 3 is 2.42 bits per heavy atom. The molecule has 0 bridgehead atoms. The van der Waals surface area contributed by atoms with Crippen molar-refractivity contribution in [2.75, 3.05) is 17.2 Å². The molecule has 0 spiro atoms. The molecule has 26 heavy (non-hydrogen) atoms. The molecule has 7 heteroatoms. The van der Waals surface area contributed by atoms with Crippen molar-refractivity contribution in [3.05, 3.63) is 72.3 Å². The summed E-state index contributed by atoms with van der Waals surface area (Å²) in [6.45, 7) is 2.53. The first kappa shape index (κ1) is 17.3. The van der Waals surface area contributed by atoms with E-state index in [-0.39, 0.29) is 5.91 Å². The minimum absolute atomic E-state index is 0.336. The van der Waals surface area contributed by atoms with E-state index in [1.807, 2.05) is 31.2 Å². The van der Waals surface area contributed by atoms with Crippen LogP contribution in [0.25, 0.3) is 0 Å². The summed E-state index contributed by atoms with van der Waals surface area (Å²) >= 11 is 0. The fraction of sp³-hybridized carbons (Fsp3) is 0.105. The average Bonchev–Trinajstić information content (AvgIpc) is 2.64. The van der Waals surface area contributed by atoms with Gasteiger partial charge in [0.05, 0.1) is 6.61 Å². The monoisotopic (exact) mass is 352 g/mol. The molecule has 0 aliphatic rings. The highest BCUT2D eigenvalue weighted by Crippen LogP contribution is 2.20. The van der Waals surface area contributed by atoms with Crippen molar-refractivity contribution in [1.82, 2.24) is 9.97 Å². The van der Waals surface area contributed by atoms with Gasteiger partial charge in [0, 0.05) is 17.3 Å². The van der Waals surface area contributed by atoms with Gasteiger partial charge < -0.3 is 15.4 Å². The first-order valence-electron chi connectivity index (χ1n) is 8.03. The maximum atomic E-state index is 12.9. The second-order valence-corrected chi connectivity index (χ2v) is 5.33. The molecule has 0 saturated heterocycles. The zero-order valence-electron chi connectivity index (χ0n) is 14.1. The largest absolute Gasteiger partial charge is 0.494 e. The first-order valence-corrected chi connectivity index (χ1v) is 8.03. The van der Waals surface area contributed by atoms with Gasteiger partial charge in [0.25, 0.3) is 5.91 Å². The van der Waals surface area contributed by atoms with Crippen LogP contribution in [0.2, 0.25) is 0 Å². The number of carbonyl (C=O) groups is 1. The molecule has 3 rings (SSSR count). The number of nitrogens with one attached hydrogen (secondary N) is 2. The van der Waals surface area contributed by atoms with E-state index in [0.29, 0.717) is 23.8 Å². The van der Waals surface area contributed by atoms with Gasteiger partial charge >= 0.3 is 0 Å². The molecule has 0 radical (unpaired) electrons. The number of carbonyl (C=O) groups excluding carboxylic acids is 1. The Kier molecular flexibility index (Phi) is 5.38. The molecule has 1 amide bonds. The zero-order valence-corrected chi connectivity index (χ0v) is 14.1. The van der Waals surface area contributed by atoms with Gasteiger partial charge in [0.2, 0.25) is 0 Å². The summed E-state index contributed by atoms with van der Waals surface area (Å²) in [4.78, 5) is 20.3. The van der Waals surface area contributed by atoms with Crippen molar-refractivity contribution in [2.45, 2.75) is 6.92 Å². The second-order valence-electron chi connectivity index (χ2n) is 5.33. The van der Waals surface area contributed by atoms with Gasteiger partial charge in [-0.2, -0.15) is 0 Å². The van der Waals surface area contributed by atoms with Crippen LogP contribution < -0.4 is 15.4 Å². The van der Waals surface area contributed by atoms with Crippen LogP contribution in [0.3, 0.4) is 0 Å². The topological polar surface area (TPSA) is 76.1 Å². The highest BCUT2D eigenvalue weighted by Gasteiger charge is 2.08. The molecule has 1 heterocycles. The molecule has 3 aromatic rings. The molecule has 0 aliphatic heterocycles. The van der Waals surface area contributed by atoms with Gasteiger partial charge in [0.1, 0.15) is 29.5 Å². The highest BCUT2D eigenvalue weighted by molar-refractivity contribution is 6.03. The number of hydrogen-bond donors (Lipinski definition) is 2. The predicted molar refractivity (Wildman–Crippen MR) is 97.3 cm³/mol. The molecule has 132 valence electrons. The lowest BCUT2D eigenvalue weighted by molar-refractivity contribution is 0.102. The maximum Gasteiger partial charge on any atom is 0.256 e. The summed E-state index contributed by atoms with van der Waals surface area (Å²) in [6.07, 6.45) is 1.34. The average molecular weight is 352 g/mol. The normalized spacial score (nSPS) is 10.2. The third-order valence-electron chi connectivity index (χ3n) is 3.45. The van der Waals surface area contributed by atoms with E-state index in [9.17, 15) is 9.18 Å². The van der Waals surface area contributed by atoms with Crippen LogP contribution in [0.1, 0.15) is 17.3 Å². The molecule has 0 saturated carbocycles. The fourth-order valence-corrected chi connectivity index (χ4v) is 2.23. The van der Waals surface area contributed by atoms with E-state index in [4.69, 9.17) is 4.74 Å². The fourth-order valence-electron chi connectivity index (χ4n) is 2.23. The second kappa shape index (κ2) is 8.06. The van der Waals surface area contributed by atoms with Crippen LogP contribution in [0.5, 0.6) is 5.75 Å². The summed E-state index contributed by atoms with van der Waals surface area (Å²) in [7, 11) is 0. The third-order valence-corrected chi connectivity index (χ3v) is 3.45. The minimum atomic E-state index is -0.398. The summed E-state index contributed by atoms with van der Waals surface area (Å²) in [5.41, 5.74) is 1.16. The number of ether oxygens (including phenoxy) is 1. The van der Waals surface area contributed by atoms with Crippen molar-refractivity contribution in [1.29, 1.82) is 0 Å². The highest BCUT2D eigenvalue weighted by atomic mass is 19.1. The van der Waals surface area contributed by atoms with Gasteiger partial charge in [-0.15, -0.1) is 0 Å². The number of anilines is 3. The summed E-state index contributed by atoms with van der Waals surface area (Å²) in [5, 5.41) is 5.78. The Bertz CT molecular complexity index is 883. The van der Waals surface area contributed by atoms with Gasteiger partial charge in [-0.25, -0.2) is 14.4 Å². The Morgan fingerprint density at radius 2 is 1.73 bits per heavy atom. The van der Waals surface area contributed by atoms with E-state index in [0.717, 1.165) is 11.4 Å². The number of rotatable bonds is 6. The van der Waals surface area contributed by atoms with Crippen LogP contribution in [0, 0.1) is 5.82 Å². The molecule has 1 aromatic heterocycles. The van der Waals surface area contributed by atoms with E-state index >= 15 is 0 Å². The summed E-state index contributed by atoms with van der Waals surface area (Å²) in [5.74, 6) is 0.871. The van der Waals surface area contributed by atoms with Crippen molar-refractivity contribution in [3.63, 3.8) is 0 Å². The number of hydrogen-bond acceptors (Lipinski definition) is 5. The Morgan fingerprint density at radius 1 is 1.04 bits per heavy atom. The van der Waals surface area contributed by atoms with Crippen molar-refractivity contribution < 1.29 is 13.9 Å². The Labute approximate surface area is 150 Å². The third kappa shape index (κ3) is 4.54. The molecule has 2 aromatic carbocycles. The quantitative estimate of drug-likeness (QED) is 0.701. The van der Waals surface area contributed by atoms with Gasteiger partial charge in [0.15, 0.2) is 0 Å². The lowest BCUT2D eigenvalue weighted by Gasteiger charge is -2.09. The van der Waals surface area contributed by atoms with Crippen LogP contribution in [0.15, 0.2) is 60.9 Å². The van der Waals surface area contributed by atoms with Crippen molar-refractivity contribution >= 4 is 23.2 Å². The minimum Gasteiger partial charge on any atom is -0.494 e. The number of halogens is 1. The molecule has 0 atom stereocenters. The van der Waals surface area contributed by atoms with Gasteiger partial charge in [-0.05, 0) is 55.5 Å². The van der Waals surface area contributed by atoms with Crippen LogP contribution in [0.4, 0.5) is 21.7 Å². The summed E-state index contributed by atoms with van der Waals surface area (Å²) in [6, 6.07) is 14.3. The van der Waals surface area contributed by atoms with Gasteiger partial charge in [-0.1, -0.05) is 0 Å². The lowest BCUT2D eigenvalue weighted by Crippen LogP contribution is -2.13. The summed E-state index contributed by atoms with van der Waals surface area (Å²) < 4.78 is 18.3. The van der Waals surface area contributed by atoms with Crippen molar-refractivity contribution in [3.8, 4) is 5.75 Å². The molecule has 0 unspecified atom stereocenters. The number of aromatic nitrogens is 2. The van der Waals surface area contributed by atoms with E-state index < -0.39 is 5.82 Å². The Balaban J connectivity index is 1.67. The standard InChI is InChI=1S/C19H17FN4O2/c1-2-26-16-9-7-15(8-10-16)23-17-11-18(22-12-21-17)24-19(25)13-3-5-14(20)6-4-13/h3-12H,2H2,1H3,(H2,21,22,23,24,25). The van der Waals surface area contributed by atoms with Crippen LogP contribution >= 0.6 is 0 Å². The lowest BCUT2D eigenvalue weighted by atomic mass is 10.2. The smallest absolute Gasteiger partial charge is 0.256 e. The van der Waals surface area contributed by atoms with Crippen molar-refractivity contribution in [2.24, 2.45) is 0 Å². The van der Waals surface area contributed by atoms with E-state index in [2.05, 4.69) is 20.6 Å². The van der Waals surface area contributed by atoms with Crippen LogP contribution in [-0.4, -0.2) is 22.5 Å². The molecular formula is C19H17FN4O2. The SMILES string of the molecule is CCOc1ccc(Nc2cc(NC(=O)c3ccc(F)cc3)ncn2)cc1. The van der Waals surface area contributed by atoms with E-state index in [1.165, 1.54) is 30.6 Å². The molecule has 0 fully saturated rings. The molecule has 6 nitrogen and oxygen atoms in total. The first-order chi connectivity index (χ1) is 12.6. The number of amides is 1. The number of nitrogens with zero attached hydrogens (tertiary/aromatic N) is 2. The molecule has 2 N–H and O–H groups in total. The van der Waals surface area contributed by atoms with E-state index in [1.54, 1.807) is 6.07 Å². The number of benzene rings is 2. The van der Waals surface area contributed by atoms with Gasteiger partial charge in [-0.3, -0.25) is 4.79 Å². The maximum absolute atomic E-state index is 12.9. The van der Waals surface area contributed by atoms with Crippen LogP contribution in [-0.2, 0) is 0 Å². The molecular weight excluding hydrogens is 335 g/mol. The molecule has 0 aliphatic carbocycles. The Hall–Kier alpha value is -3.48.